The fourth-order valence-corrected chi connectivity index (χ4v) is 2.47. The zero-order valence-electron chi connectivity index (χ0n) is 12.4. The van der Waals surface area contributed by atoms with Gasteiger partial charge in [0.25, 0.3) is 5.56 Å². The van der Waals surface area contributed by atoms with E-state index in [2.05, 4.69) is 4.98 Å². The largest absolute Gasteiger partial charge is 0.329 e. The van der Waals surface area contributed by atoms with E-state index in [0.717, 1.165) is 17.5 Å². The first-order chi connectivity index (χ1) is 9.93. The average molecular weight is 307 g/mol. The second-order valence-corrected chi connectivity index (χ2v) is 5.80. The Balaban J connectivity index is 2.65. The molecule has 4 nitrogen and oxygen atoms in total. The minimum atomic E-state index is -0.457. The van der Waals surface area contributed by atoms with Crippen molar-refractivity contribution in [3.05, 3.63) is 55.8 Å². The van der Waals surface area contributed by atoms with Crippen LogP contribution < -0.4 is 11.2 Å². The quantitative estimate of drug-likeness (QED) is 0.882. The molecule has 0 bridgehead atoms. The molecule has 1 aromatic carbocycles. The maximum absolute atomic E-state index is 12.6. The number of H-pyrrole nitrogens is 1. The monoisotopic (exact) mass is 306 g/mol. The summed E-state index contributed by atoms with van der Waals surface area (Å²) in [6.07, 6.45) is 0.897. The fourth-order valence-electron chi connectivity index (χ4n) is 2.20. The first-order valence-electron chi connectivity index (χ1n) is 7.03. The molecule has 0 radical (unpaired) electrons. The van der Waals surface area contributed by atoms with Gasteiger partial charge in [0.2, 0.25) is 0 Å². The number of aromatic amines is 1. The van der Waals surface area contributed by atoms with Gasteiger partial charge in [-0.2, -0.15) is 0 Å². The van der Waals surface area contributed by atoms with E-state index in [4.69, 9.17) is 11.6 Å². The fraction of sp³-hybridized carbons (Fsp3) is 0.375. The number of aryl methyl sites for hydroxylation is 1. The lowest BCUT2D eigenvalue weighted by atomic mass is 10.1. The van der Waals surface area contributed by atoms with E-state index in [9.17, 15) is 9.59 Å². The highest BCUT2D eigenvalue weighted by Gasteiger charge is 2.15. The third kappa shape index (κ3) is 3.27. The standard InChI is InChI=1S/C16H19ClN2O2/c1-4-10(2)9-19-15(20)13(14(17)18-16(19)21)12-7-5-6-11(3)8-12/h5-8,10H,4,9H2,1-3H3,(H,18,21). The van der Waals surface area contributed by atoms with Crippen LogP contribution in [-0.2, 0) is 6.54 Å². The SMILES string of the molecule is CCC(C)Cn1c(=O)[nH]c(Cl)c(-c2cccc(C)c2)c1=O. The highest BCUT2D eigenvalue weighted by molar-refractivity contribution is 6.32. The lowest BCUT2D eigenvalue weighted by Gasteiger charge is -2.13. The van der Waals surface area contributed by atoms with Gasteiger partial charge in [-0.15, -0.1) is 0 Å². The van der Waals surface area contributed by atoms with Crippen LogP contribution in [0.4, 0.5) is 0 Å². The van der Waals surface area contributed by atoms with Gasteiger partial charge in [-0.25, -0.2) is 4.79 Å². The number of hydrogen-bond acceptors (Lipinski definition) is 2. The van der Waals surface area contributed by atoms with Crippen LogP contribution in [0.3, 0.4) is 0 Å². The van der Waals surface area contributed by atoms with Crippen molar-refractivity contribution < 1.29 is 0 Å². The van der Waals surface area contributed by atoms with Gasteiger partial charge >= 0.3 is 5.69 Å². The maximum Gasteiger partial charge on any atom is 0.329 e. The van der Waals surface area contributed by atoms with Gasteiger partial charge < -0.3 is 0 Å². The molecular formula is C16H19ClN2O2. The molecule has 5 heteroatoms. The zero-order valence-corrected chi connectivity index (χ0v) is 13.2. The molecule has 0 fully saturated rings. The average Bonchev–Trinajstić information content (AvgIpc) is 2.43. The number of halogens is 1. The summed E-state index contributed by atoms with van der Waals surface area (Å²) < 4.78 is 1.23. The van der Waals surface area contributed by atoms with Gasteiger partial charge in [0, 0.05) is 6.54 Å². The number of aromatic nitrogens is 2. The van der Waals surface area contributed by atoms with Gasteiger partial charge in [0.1, 0.15) is 5.15 Å². The summed E-state index contributed by atoms with van der Waals surface area (Å²) in [5.41, 5.74) is 1.31. The van der Waals surface area contributed by atoms with Crippen molar-refractivity contribution in [1.82, 2.24) is 9.55 Å². The minimum absolute atomic E-state index is 0.0935. The molecule has 0 aliphatic carbocycles. The van der Waals surface area contributed by atoms with Crippen LogP contribution in [0.15, 0.2) is 33.9 Å². The van der Waals surface area contributed by atoms with E-state index in [1.165, 1.54) is 4.57 Å². The summed E-state index contributed by atoms with van der Waals surface area (Å²) in [6.45, 7) is 6.37. The number of benzene rings is 1. The summed E-state index contributed by atoms with van der Waals surface area (Å²) in [7, 11) is 0. The van der Waals surface area contributed by atoms with Crippen LogP contribution in [0.25, 0.3) is 11.1 Å². The maximum atomic E-state index is 12.6. The highest BCUT2D eigenvalue weighted by Crippen LogP contribution is 2.22. The van der Waals surface area contributed by atoms with Crippen LogP contribution in [0.5, 0.6) is 0 Å². The Hall–Kier alpha value is -1.81. The Bertz CT molecular complexity index is 762. The number of nitrogens with one attached hydrogen (secondary N) is 1. The van der Waals surface area contributed by atoms with Crippen LogP contribution in [-0.4, -0.2) is 9.55 Å². The molecule has 0 saturated carbocycles. The number of hydrogen-bond donors (Lipinski definition) is 1. The van der Waals surface area contributed by atoms with E-state index in [1.54, 1.807) is 0 Å². The van der Waals surface area contributed by atoms with Crippen molar-refractivity contribution >= 4 is 11.6 Å². The Morgan fingerprint density at radius 2 is 2.05 bits per heavy atom. The van der Waals surface area contributed by atoms with Crippen molar-refractivity contribution in [2.24, 2.45) is 5.92 Å². The molecular weight excluding hydrogens is 288 g/mol. The molecule has 1 unspecified atom stereocenters. The summed E-state index contributed by atoms with van der Waals surface area (Å²) in [6, 6.07) is 7.52. The Kier molecular flexibility index (Phi) is 4.68. The molecule has 112 valence electrons. The number of rotatable bonds is 4. The van der Waals surface area contributed by atoms with E-state index < -0.39 is 5.69 Å². The third-order valence-electron chi connectivity index (χ3n) is 3.64. The lowest BCUT2D eigenvalue weighted by Crippen LogP contribution is -2.37. The molecule has 1 atom stereocenters. The summed E-state index contributed by atoms with van der Waals surface area (Å²) in [5.74, 6) is 0.246. The summed E-state index contributed by atoms with van der Waals surface area (Å²) in [4.78, 5) is 27.2. The van der Waals surface area contributed by atoms with E-state index >= 15 is 0 Å². The molecule has 21 heavy (non-hydrogen) atoms. The van der Waals surface area contributed by atoms with E-state index in [0.29, 0.717) is 12.1 Å². The third-order valence-corrected chi connectivity index (χ3v) is 3.92. The van der Waals surface area contributed by atoms with Crippen molar-refractivity contribution in [3.63, 3.8) is 0 Å². The first-order valence-corrected chi connectivity index (χ1v) is 7.41. The second kappa shape index (κ2) is 6.31. The van der Waals surface area contributed by atoms with E-state index in [-0.39, 0.29) is 16.6 Å². The minimum Gasteiger partial charge on any atom is -0.297 e. The molecule has 0 aliphatic heterocycles. The predicted octanol–water partition coefficient (Wildman–Crippen LogP) is 3.21. The van der Waals surface area contributed by atoms with Crippen LogP contribution in [0.2, 0.25) is 5.15 Å². The normalized spacial score (nSPS) is 12.4. The molecule has 1 N–H and O–H groups in total. The predicted molar refractivity (Wildman–Crippen MR) is 86.0 cm³/mol. The molecule has 1 aromatic heterocycles. The Morgan fingerprint density at radius 1 is 1.33 bits per heavy atom. The van der Waals surface area contributed by atoms with Gasteiger partial charge in [0.15, 0.2) is 0 Å². The zero-order chi connectivity index (χ0) is 15.6. The topological polar surface area (TPSA) is 54.9 Å². The molecule has 1 heterocycles. The second-order valence-electron chi connectivity index (χ2n) is 5.42. The van der Waals surface area contributed by atoms with Crippen LogP contribution in [0, 0.1) is 12.8 Å². The van der Waals surface area contributed by atoms with Crippen molar-refractivity contribution in [1.29, 1.82) is 0 Å². The summed E-state index contributed by atoms with van der Waals surface area (Å²) in [5, 5.41) is 0.0935. The molecule has 0 amide bonds. The van der Waals surface area contributed by atoms with Gasteiger partial charge in [0.05, 0.1) is 5.56 Å². The van der Waals surface area contributed by atoms with Crippen molar-refractivity contribution in [3.8, 4) is 11.1 Å². The smallest absolute Gasteiger partial charge is 0.297 e. The van der Waals surface area contributed by atoms with Gasteiger partial charge in [-0.1, -0.05) is 61.7 Å². The van der Waals surface area contributed by atoms with Crippen LogP contribution in [0.1, 0.15) is 25.8 Å². The lowest BCUT2D eigenvalue weighted by molar-refractivity contribution is 0.447. The summed E-state index contributed by atoms with van der Waals surface area (Å²) >= 11 is 6.10. The molecule has 0 saturated heterocycles. The molecule has 0 spiro atoms. The van der Waals surface area contributed by atoms with Gasteiger partial charge in [-0.05, 0) is 18.4 Å². The number of nitrogens with zero attached hydrogens (tertiary/aromatic N) is 1. The first kappa shape index (κ1) is 15.6. The van der Waals surface area contributed by atoms with Crippen molar-refractivity contribution in [2.75, 3.05) is 0 Å². The van der Waals surface area contributed by atoms with Crippen LogP contribution >= 0.6 is 11.6 Å². The Morgan fingerprint density at radius 3 is 2.67 bits per heavy atom. The van der Waals surface area contributed by atoms with Gasteiger partial charge in [-0.3, -0.25) is 14.3 Å². The highest BCUT2D eigenvalue weighted by atomic mass is 35.5. The molecule has 2 aromatic rings. The van der Waals surface area contributed by atoms with E-state index in [1.807, 2.05) is 45.0 Å². The van der Waals surface area contributed by atoms with Crippen molar-refractivity contribution in [2.45, 2.75) is 33.7 Å². The molecule has 2 rings (SSSR count). The Labute approximate surface area is 128 Å². The molecule has 0 aliphatic rings.